The Morgan fingerprint density at radius 1 is 0.846 bits per heavy atom. The Morgan fingerprint density at radius 3 is 1.77 bits per heavy atom. The highest BCUT2D eigenvalue weighted by Gasteiger charge is 2.90. The number of halogens is 2. The first-order valence-electron chi connectivity index (χ1n) is 5.25. The van der Waals surface area contributed by atoms with Gasteiger partial charge in [0, 0.05) is 10.8 Å². The topological polar surface area (TPSA) is 12.0 Å². The lowest BCUT2D eigenvalue weighted by Gasteiger charge is -2.32. The number of hydrogen-bond acceptors (Lipinski definition) is 1. The number of alkyl halides is 2. The average Bonchev–Trinajstić information content (AvgIpc) is 2.43. The van der Waals surface area contributed by atoms with Crippen LogP contribution in [0.2, 0.25) is 0 Å². The minimum absolute atomic E-state index is 0.540. The third kappa shape index (κ3) is 0.622. The van der Waals surface area contributed by atoms with E-state index >= 15 is 0 Å². The summed E-state index contributed by atoms with van der Waals surface area (Å²) in [6.07, 6.45) is 3.96. The molecule has 74 valence electrons. The highest BCUT2D eigenvalue weighted by atomic mass is 19.3. The second-order valence-corrected chi connectivity index (χ2v) is 4.84. The first-order chi connectivity index (χ1) is 6.16. The minimum Gasteiger partial charge on any atom is -0.317 e. The Bertz CT molecular complexity index is 239. The van der Waals surface area contributed by atoms with Gasteiger partial charge in [0.05, 0.1) is 0 Å². The van der Waals surface area contributed by atoms with Gasteiger partial charge in [0.15, 0.2) is 0 Å². The lowest BCUT2D eigenvalue weighted by atomic mass is 9.72. The maximum atomic E-state index is 13.7. The van der Waals surface area contributed by atoms with Crippen molar-refractivity contribution in [1.82, 2.24) is 5.32 Å². The van der Waals surface area contributed by atoms with Crippen LogP contribution in [0.4, 0.5) is 8.78 Å². The molecule has 3 fully saturated rings. The fourth-order valence-electron chi connectivity index (χ4n) is 3.71. The molecule has 1 nitrogen and oxygen atoms in total. The smallest absolute Gasteiger partial charge is 0.260 e. The molecule has 1 aliphatic heterocycles. The van der Waals surface area contributed by atoms with E-state index in [0.29, 0.717) is 12.8 Å². The summed E-state index contributed by atoms with van der Waals surface area (Å²) in [4.78, 5) is 0. The van der Waals surface area contributed by atoms with E-state index in [4.69, 9.17) is 0 Å². The molecule has 1 saturated heterocycles. The summed E-state index contributed by atoms with van der Waals surface area (Å²) in [7, 11) is 0. The Morgan fingerprint density at radius 2 is 1.38 bits per heavy atom. The monoisotopic (exact) mass is 187 g/mol. The summed E-state index contributed by atoms with van der Waals surface area (Å²) < 4.78 is 27.5. The van der Waals surface area contributed by atoms with Crippen molar-refractivity contribution in [2.24, 2.45) is 10.8 Å². The Kier molecular flexibility index (Phi) is 1.30. The van der Waals surface area contributed by atoms with Crippen molar-refractivity contribution in [3.05, 3.63) is 0 Å². The van der Waals surface area contributed by atoms with Crippen LogP contribution in [0.5, 0.6) is 0 Å². The van der Waals surface area contributed by atoms with Crippen LogP contribution < -0.4 is 5.32 Å². The van der Waals surface area contributed by atoms with Gasteiger partial charge in [0.2, 0.25) is 0 Å². The standard InChI is InChI=1S/C10H15F2N/c11-10(12)8(2-1-3-8)9(10)4-6-13-7-5-9/h13H,1-7H2. The number of nitrogens with one attached hydrogen (secondary N) is 1. The zero-order chi connectivity index (χ0) is 9.16. The van der Waals surface area contributed by atoms with Crippen molar-refractivity contribution in [3.63, 3.8) is 0 Å². The van der Waals surface area contributed by atoms with E-state index in [2.05, 4.69) is 5.32 Å². The van der Waals surface area contributed by atoms with Gasteiger partial charge in [0.25, 0.3) is 5.92 Å². The number of rotatable bonds is 0. The first-order valence-corrected chi connectivity index (χ1v) is 5.25. The quantitative estimate of drug-likeness (QED) is 0.613. The van der Waals surface area contributed by atoms with Crippen molar-refractivity contribution in [3.8, 4) is 0 Å². The number of hydrogen-bond donors (Lipinski definition) is 1. The number of piperidine rings is 1. The molecule has 3 rings (SSSR count). The third-order valence-corrected chi connectivity index (χ3v) is 4.72. The van der Waals surface area contributed by atoms with Crippen molar-refractivity contribution in [2.45, 2.75) is 38.0 Å². The van der Waals surface area contributed by atoms with Crippen molar-refractivity contribution in [1.29, 1.82) is 0 Å². The molecule has 0 bridgehead atoms. The normalized spacial score (nSPS) is 37.4. The predicted molar refractivity (Wildman–Crippen MR) is 45.8 cm³/mol. The van der Waals surface area contributed by atoms with E-state index in [1.807, 2.05) is 0 Å². The van der Waals surface area contributed by atoms with E-state index in [0.717, 1.165) is 32.4 Å². The lowest BCUT2D eigenvalue weighted by Crippen LogP contribution is -2.34. The molecule has 0 aromatic rings. The Hall–Kier alpha value is -0.180. The van der Waals surface area contributed by atoms with Crippen LogP contribution in [0.15, 0.2) is 0 Å². The summed E-state index contributed by atoms with van der Waals surface area (Å²) >= 11 is 0. The van der Waals surface area contributed by atoms with E-state index in [-0.39, 0.29) is 0 Å². The van der Waals surface area contributed by atoms with Crippen molar-refractivity contribution >= 4 is 0 Å². The molecule has 1 heterocycles. The second kappa shape index (κ2) is 2.08. The largest absolute Gasteiger partial charge is 0.317 e. The Balaban J connectivity index is 1.91. The average molecular weight is 187 g/mol. The molecule has 3 heteroatoms. The van der Waals surface area contributed by atoms with Crippen molar-refractivity contribution in [2.75, 3.05) is 13.1 Å². The van der Waals surface area contributed by atoms with Crippen LogP contribution in [0.25, 0.3) is 0 Å². The van der Waals surface area contributed by atoms with E-state index in [9.17, 15) is 8.78 Å². The van der Waals surface area contributed by atoms with E-state index < -0.39 is 16.8 Å². The zero-order valence-corrected chi connectivity index (χ0v) is 7.71. The van der Waals surface area contributed by atoms with Gasteiger partial charge in [0.1, 0.15) is 0 Å². The van der Waals surface area contributed by atoms with Crippen LogP contribution in [0, 0.1) is 10.8 Å². The molecule has 0 aromatic heterocycles. The molecule has 0 atom stereocenters. The van der Waals surface area contributed by atoms with E-state index in [1.54, 1.807) is 0 Å². The molecular weight excluding hydrogens is 172 g/mol. The van der Waals surface area contributed by atoms with E-state index in [1.165, 1.54) is 0 Å². The molecule has 3 aliphatic rings. The van der Waals surface area contributed by atoms with Crippen LogP contribution in [-0.2, 0) is 0 Å². The number of fused-ring (bicyclic) bond motifs is 1. The molecule has 2 aliphatic carbocycles. The van der Waals surface area contributed by atoms with Crippen LogP contribution in [0.3, 0.4) is 0 Å². The van der Waals surface area contributed by atoms with Gasteiger partial charge in [-0.3, -0.25) is 0 Å². The molecule has 0 aromatic carbocycles. The fourth-order valence-corrected chi connectivity index (χ4v) is 3.71. The maximum Gasteiger partial charge on any atom is 0.260 e. The minimum atomic E-state index is -2.33. The predicted octanol–water partition coefficient (Wildman–Crippen LogP) is 2.18. The zero-order valence-electron chi connectivity index (χ0n) is 7.71. The molecule has 1 N–H and O–H groups in total. The SMILES string of the molecule is FC1(F)C2(CCC2)C12CCNCC2. The van der Waals surface area contributed by atoms with Crippen LogP contribution in [-0.4, -0.2) is 19.0 Å². The summed E-state index contributed by atoms with van der Waals surface area (Å²) in [6.45, 7) is 1.58. The molecule has 0 amide bonds. The summed E-state index contributed by atoms with van der Waals surface area (Å²) in [5, 5.41) is 3.17. The summed E-state index contributed by atoms with van der Waals surface area (Å²) in [5.41, 5.74) is -1.12. The second-order valence-electron chi connectivity index (χ2n) is 4.84. The molecule has 2 saturated carbocycles. The van der Waals surface area contributed by atoms with Gasteiger partial charge in [-0.15, -0.1) is 0 Å². The van der Waals surface area contributed by atoms with Gasteiger partial charge in [-0.05, 0) is 38.8 Å². The molecule has 13 heavy (non-hydrogen) atoms. The molecule has 0 unspecified atom stereocenters. The van der Waals surface area contributed by atoms with Crippen LogP contribution in [0.1, 0.15) is 32.1 Å². The summed E-state index contributed by atoms with van der Waals surface area (Å²) in [6, 6.07) is 0. The lowest BCUT2D eigenvalue weighted by molar-refractivity contribution is 0.0197. The highest BCUT2D eigenvalue weighted by Crippen LogP contribution is 2.85. The highest BCUT2D eigenvalue weighted by molar-refractivity contribution is 5.31. The van der Waals surface area contributed by atoms with Gasteiger partial charge < -0.3 is 5.32 Å². The van der Waals surface area contributed by atoms with Gasteiger partial charge in [-0.25, -0.2) is 8.78 Å². The molecule has 2 spiro atoms. The molecular formula is C10H15F2N. The summed E-state index contributed by atoms with van der Waals surface area (Å²) in [5.74, 6) is -2.33. The Labute approximate surface area is 76.9 Å². The van der Waals surface area contributed by atoms with Gasteiger partial charge in [-0.2, -0.15) is 0 Å². The fraction of sp³-hybridized carbons (Fsp3) is 1.00. The first kappa shape index (κ1) is 8.16. The van der Waals surface area contributed by atoms with Gasteiger partial charge in [-0.1, -0.05) is 6.42 Å². The maximum absolute atomic E-state index is 13.7. The van der Waals surface area contributed by atoms with Gasteiger partial charge >= 0.3 is 0 Å². The molecule has 0 radical (unpaired) electrons. The third-order valence-electron chi connectivity index (χ3n) is 4.72. The van der Waals surface area contributed by atoms with Crippen molar-refractivity contribution < 1.29 is 8.78 Å². The van der Waals surface area contributed by atoms with Crippen LogP contribution >= 0.6 is 0 Å².